The maximum atomic E-state index is 12.5. The Labute approximate surface area is 149 Å². The minimum atomic E-state index is -0.301. The van der Waals surface area contributed by atoms with Gasteiger partial charge in [-0.15, -0.1) is 5.10 Å². The van der Waals surface area contributed by atoms with Crippen molar-refractivity contribution in [2.75, 3.05) is 0 Å². The van der Waals surface area contributed by atoms with Crippen LogP contribution in [0.4, 0.5) is 0 Å². The monoisotopic (exact) mass is 357 g/mol. The number of ketones is 1. The van der Waals surface area contributed by atoms with Gasteiger partial charge < -0.3 is 0 Å². The molecule has 1 heterocycles. The molecule has 0 fully saturated rings. The van der Waals surface area contributed by atoms with Crippen LogP contribution in [0.15, 0.2) is 53.7 Å². The summed E-state index contributed by atoms with van der Waals surface area (Å²) in [6, 6.07) is 15.0. The average molecular weight is 358 g/mol. The Hall–Kier alpha value is -2.11. The molecule has 0 bridgehead atoms. The van der Waals surface area contributed by atoms with Crippen LogP contribution in [0.3, 0.4) is 0 Å². The van der Waals surface area contributed by atoms with Gasteiger partial charge in [-0.05, 0) is 26.0 Å². The Morgan fingerprint density at radius 3 is 2.67 bits per heavy atom. The number of carbonyl (C=O) groups excluding carboxylic acids is 1. The van der Waals surface area contributed by atoms with Crippen LogP contribution < -0.4 is 0 Å². The van der Waals surface area contributed by atoms with E-state index in [4.69, 9.17) is 11.6 Å². The van der Waals surface area contributed by atoms with Crippen molar-refractivity contribution in [3.8, 4) is 11.4 Å². The van der Waals surface area contributed by atoms with E-state index < -0.39 is 0 Å². The van der Waals surface area contributed by atoms with Gasteiger partial charge >= 0.3 is 0 Å². The number of rotatable bonds is 5. The van der Waals surface area contributed by atoms with Gasteiger partial charge in [0.2, 0.25) is 5.16 Å². The summed E-state index contributed by atoms with van der Waals surface area (Å²) in [5, 5.41) is 7.92. The molecule has 0 aliphatic heterocycles. The fourth-order valence-electron chi connectivity index (χ4n) is 2.23. The Morgan fingerprint density at radius 1 is 1.21 bits per heavy atom. The topological polar surface area (TPSA) is 58.6 Å². The summed E-state index contributed by atoms with van der Waals surface area (Å²) in [5.41, 5.74) is 2.75. The zero-order valence-corrected chi connectivity index (χ0v) is 14.9. The minimum Gasteiger partial charge on any atom is -0.293 e. The molecule has 122 valence electrons. The van der Waals surface area contributed by atoms with Crippen molar-refractivity contribution < 1.29 is 4.79 Å². The molecule has 2 aromatic carbocycles. The number of hydrogen-bond acceptors (Lipinski definition) is 4. The predicted octanol–water partition coefficient (Wildman–Crippen LogP) is 4.80. The van der Waals surface area contributed by atoms with Gasteiger partial charge in [0.05, 0.1) is 5.25 Å². The van der Waals surface area contributed by atoms with Crippen molar-refractivity contribution in [3.63, 3.8) is 0 Å². The fourth-order valence-corrected chi connectivity index (χ4v) is 3.22. The first kappa shape index (κ1) is 16.7. The molecule has 1 N–H and O–H groups in total. The van der Waals surface area contributed by atoms with Crippen molar-refractivity contribution in [1.82, 2.24) is 15.2 Å². The van der Waals surface area contributed by atoms with Crippen LogP contribution in [0.5, 0.6) is 0 Å². The number of H-pyrrole nitrogens is 1. The number of aryl methyl sites for hydroxylation is 1. The Bertz CT molecular complexity index is 861. The zero-order valence-electron chi connectivity index (χ0n) is 13.3. The largest absolute Gasteiger partial charge is 0.293 e. The number of nitrogens with zero attached hydrogens (tertiary/aromatic N) is 2. The second-order valence-corrected chi connectivity index (χ2v) is 7.21. The van der Waals surface area contributed by atoms with E-state index in [0.29, 0.717) is 21.6 Å². The Morgan fingerprint density at radius 2 is 1.96 bits per heavy atom. The predicted molar refractivity (Wildman–Crippen MR) is 97.7 cm³/mol. The molecular weight excluding hydrogens is 342 g/mol. The third-order valence-electron chi connectivity index (χ3n) is 3.55. The highest BCUT2D eigenvalue weighted by atomic mass is 35.5. The Kier molecular flexibility index (Phi) is 5.02. The van der Waals surface area contributed by atoms with Gasteiger partial charge in [-0.25, -0.2) is 4.98 Å². The quantitative estimate of drug-likeness (QED) is 0.526. The molecule has 6 heteroatoms. The highest BCUT2D eigenvalue weighted by Crippen LogP contribution is 2.25. The lowest BCUT2D eigenvalue weighted by molar-refractivity contribution is 0.0994. The molecule has 0 saturated heterocycles. The van der Waals surface area contributed by atoms with E-state index in [9.17, 15) is 4.79 Å². The molecule has 0 aliphatic carbocycles. The Balaban J connectivity index is 1.72. The van der Waals surface area contributed by atoms with Crippen molar-refractivity contribution in [2.45, 2.75) is 24.3 Å². The summed E-state index contributed by atoms with van der Waals surface area (Å²) in [7, 11) is 0. The molecule has 0 radical (unpaired) electrons. The summed E-state index contributed by atoms with van der Waals surface area (Å²) in [6.07, 6.45) is 0. The molecule has 0 unspecified atom stereocenters. The first-order valence-electron chi connectivity index (χ1n) is 7.49. The number of hydrogen-bond donors (Lipinski definition) is 1. The average Bonchev–Trinajstić information content (AvgIpc) is 3.03. The van der Waals surface area contributed by atoms with Gasteiger partial charge in [0, 0.05) is 16.1 Å². The lowest BCUT2D eigenvalue weighted by Gasteiger charge is -2.07. The second-order valence-electron chi connectivity index (χ2n) is 5.47. The smallest absolute Gasteiger partial charge is 0.209 e. The highest BCUT2D eigenvalue weighted by molar-refractivity contribution is 8.00. The molecule has 3 rings (SSSR count). The van der Waals surface area contributed by atoms with E-state index in [-0.39, 0.29) is 11.0 Å². The van der Waals surface area contributed by atoms with E-state index >= 15 is 0 Å². The molecule has 1 atom stereocenters. The zero-order chi connectivity index (χ0) is 17.1. The molecule has 0 saturated carbocycles. The van der Waals surface area contributed by atoms with Crippen LogP contribution in [0.2, 0.25) is 5.02 Å². The fraction of sp³-hybridized carbons (Fsp3) is 0.167. The maximum absolute atomic E-state index is 12.5. The molecule has 24 heavy (non-hydrogen) atoms. The SMILES string of the molecule is Cc1ccc(-c2nc(S[C@H](C)C(=O)c3cccc(Cl)c3)n[nH]2)cc1. The number of thioether (sulfide) groups is 1. The number of benzene rings is 2. The summed E-state index contributed by atoms with van der Waals surface area (Å²) < 4.78 is 0. The van der Waals surface area contributed by atoms with Crippen LogP contribution in [0, 0.1) is 6.92 Å². The van der Waals surface area contributed by atoms with E-state index in [1.807, 2.05) is 38.1 Å². The number of Topliss-reactive ketones (excluding diaryl/α,β-unsaturated/α-hetero) is 1. The van der Waals surface area contributed by atoms with Gasteiger partial charge in [0.1, 0.15) is 0 Å². The first-order valence-corrected chi connectivity index (χ1v) is 8.74. The summed E-state index contributed by atoms with van der Waals surface area (Å²) in [4.78, 5) is 16.9. The van der Waals surface area contributed by atoms with Crippen molar-refractivity contribution in [1.29, 1.82) is 0 Å². The summed E-state index contributed by atoms with van der Waals surface area (Å²) in [5.74, 6) is 0.698. The number of nitrogens with one attached hydrogen (secondary N) is 1. The molecular formula is C18H16ClN3OS. The highest BCUT2D eigenvalue weighted by Gasteiger charge is 2.19. The molecule has 0 spiro atoms. The van der Waals surface area contributed by atoms with Crippen LogP contribution in [-0.4, -0.2) is 26.2 Å². The molecule has 0 aliphatic rings. The van der Waals surface area contributed by atoms with Gasteiger partial charge in [-0.2, -0.15) is 0 Å². The lowest BCUT2D eigenvalue weighted by atomic mass is 10.1. The van der Waals surface area contributed by atoms with Crippen LogP contribution in [-0.2, 0) is 0 Å². The van der Waals surface area contributed by atoms with E-state index in [1.54, 1.807) is 24.3 Å². The summed E-state index contributed by atoms with van der Waals surface area (Å²) >= 11 is 7.27. The number of aromatic nitrogens is 3. The molecule has 4 nitrogen and oxygen atoms in total. The van der Waals surface area contributed by atoms with E-state index in [0.717, 1.165) is 5.56 Å². The minimum absolute atomic E-state index is 0.00388. The van der Waals surface area contributed by atoms with Crippen LogP contribution in [0.1, 0.15) is 22.8 Å². The summed E-state index contributed by atoms with van der Waals surface area (Å²) in [6.45, 7) is 3.88. The maximum Gasteiger partial charge on any atom is 0.209 e. The van der Waals surface area contributed by atoms with Crippen molar-refractivity contribution in [3.05, 3.63) is 64.7 Å². The second kappa shape index (κ2) is 7.20. The van der Waals surface area contributed by atoms with Crippen LogP contribution in [0.25, 0.3) is 11.4 Å². The third kappa shape index (κ3) is 3.86. The molecule has 3 aromatic rings. The van der Waals surface area contributed by atoms with Crippen molar-refractivity contribution >= 4 is 29.1 Å². The van der Waals surface area contributed by atoms with E-state index in [1.165, 1.54) is 17.3 Å². The van der Waals surface area contributed by atoms with Crippen LogP contribution >= 0.6 is 23.4 Å². The third-order valence-corrected chi connectivity index (χ3v) is 4.75. The molecule has 1 aromatic heterocycles. The number of halogens is 1. The number of aromatic amines is 1. The normalized spacial score (nSPS) is 12.1. The lowest BCUT2D eigenvalue weighted by Crippen LogP contribution is -2.13. The molecule has 0 amide bonds. The first-order chi connectivity index (χ1) is 11.5. The van der Waals surface area contributed by atoms with Gasteiger partial charge in [-0.3, -0.25) is 9.89 Å². The van der Waals surface area contributed by atoms with Gasteiger partial charge in [0.25, 0.3) is 0 Å². The van der Waals surface area contributed by atoms with Crippen molar-refractivity contribution in [2.24, 2.45) is 0 Å². The van der Waals surface area contributed by atoms with Gasteiger partial charge in [-0.1, -0.05) is 65.3 Å². The standard InChI is InChI=1S/C18H16ClN3OS/c1-11-6-8-13(9-7-11)17-20-18(22-21-17)24-12(2)16(23)14-4-3-5-15(19)10-14/h3-10,12H,1-2H3,(H,20,21,22)/t12-/m1/s1. The van der Waals surface area contributed by atoms with Gasteiger partial charge in [0.15, 0.2) is 11.6 Å². The number of carbonyl (C=O) groups is 1. The van der Waals surface area contributed by atoms with E-state index in [2.05, 4.69) is 15.2 Å².